The number of anilines is 2. The van der Waals surface area contributed by atoms with Crippen LogP contribution in [-0.4, -0.2) is 94.4 Å². The van der Waals surface area contributed by atoms with Crippen LogP contribution in [0.3, 0.4) is 0 Å². The van der Waals surface area contributed by atoms with E-state index in [0.717, 1.165) is 6.41 Å². The summed E-state index contributed by atoms with van der Waals surface area (Å²) in [6.45, 7) is 5.13. The smallest absolute Gasteiger partial charge is 0.272 e. The summed E-state index contributed by atoms with van der Waals surface area (Å²) in [6.07, 6.45) is 5.92. The van der Waals surface area contributed by atoms with Crippen molar-refractivity contribution >= 4 is 24.2 Å². The molecule has 0 aliphatic carbocycles. The molecule has 0 saturated carbocycles. The van der Waals surface area contributed by atoms with Crippen LogP contribution < -0.4 is 9.80 Å². The van der Waals surface area contributed by atoms with E-state index in [1.807, 2.05) is 4.90 Å². The monoisotopic (exact) mass is 382 g/mol. The maximum absolute atomic E-state index is 12.9. The first kappa shape index (κ1) is 18.1. The number of piperazine rings is 2. The standard InChI is InChI=1S/C18H22N8O2/c27-14-23-6-8-26(9-7-23)18-21-5-2-15(22-18)16(28)24-10-12-25(13-11-24)17-19-3-1-4-20-17/h1-5,14H,6-13H2. The predicted octanol–water partition coefficient (Wildman–Crippen LogP) is -0.493. The average molecular weight is 382 g/mol. The molecule has 2 aliphatic rings. The SMILES string of the molecule is O=CN1CCN(c2nccc(C(=O)N3CCN(c4ncccn4)CC3)n2)CC1. The van der Waals surface area contributed by atoms with E-state index in [9.17, 15) is 9.59 Å². The van der Waals surface area contributed by atoms with Crippen LogP contribution in [-0.2, 0) is 4.79 Å². The highest BCUT2D eigenvalue weighted by Gasteiger charge is 2.25. The van der Waals surface area contributed by atoms with Gasteiger partial charge in [0.15, 0.2) is 0 Å². The van der Waals surface area contributed by atoms with E-state index in [-0.39, 0.29) is 5.91 Å². The summed E-state index contributed by atoms with van der Waals surface area (Å²) in [7, 11) is 0. The molecule has 0 bridgehead atoms. The maximum Gasteiger partial charge on any atom is 0.272 e. The van der Waals surface area contributed by atoms with Crippen LogP contribution in [0.2, 0.25) is 0 Å². The topological polar surface area (TPSA) is 98.7 Å². The number of hydrogen-bond acceptors (Lipinski definition) is 8. The number of aromatic nitrogens is 4. The molecular weight excluding hydrogens is 360 g/mol. The van der Waals surface area contributed by atoms with Crippen LogP contribution in [0.4, 0.5) is 11.9 Å². The zero-order valence-electron chi connectivity index (χ0n) is 15.5. The van der Waals surface area contributed by atoms with Gasteiger partial charge in [0, 0.05) is 70.9 Å². The highest BCUT2D eigenvalue weighted by Crippen LogP contribution is 2.14. The molecule has 0 aromatic carbocycles. The number of hydrogen-bond donors (Lipinski definition) is 0. The Morgan fingerprint density at radius 1 is 0.821 bits per heavy atom. The van der Waals surface area contributed by atoms with Gasteiger partial charge in [-0.15, -0.1) is 0 Å². The molecule has 4 rings (SSSR count). The molecule has 2 aromatic rings. The van der Waals surface area contributed by atoms with Crippen molar-refractivity contribution in [2.24, 2.45) is 0 Å². The van der Waals surface area contributed by atoms with E-state index in [2.05, 4.69) is 24.8 Å². The predicted molar refractivity (Wildman–Crippen MR) is 102 cm³/mol. The third-order valence-electron chi connectivity index (χ3n) is 5.01. The Kier molecular flexibility index (Phi) is 5.27. The van der Waals surface area contributed by atoms with E-state index in [0.29, 0.717) is 69.9 Å². The lowest BCUT2D eigenvalue weighted by Gasteiger charge is -2.35. The maximum atomic E-state index is 12.9. The van der Waals surface area contributed by atoms with Crippen molar-refractivity contribution < 1.29 is 9.59 Å². The van der Waals surface area contributed by atoms with Crippen LogP contribution in [0.25, 0.3) is 0 Å². The van der Waals surface area contributed by atoms with Gasteiger partial charge in [-0.05, 0) is 12.1 Å². The molecule has 0 spiro atoms. The number of carbonyl (C=O) groups is 2. The molecule has 10 nitrogen and oxygen atoms in total. The number of rotatable bonds is 4. The first-order chi connectivity index (χ1) is 13.7. The fourth-order valence-corrected chi connectivity index (χ4v) is 3.37. The summed E-state index contributed by atoms with van der Waals surface area (Å²) in [5.41, 5.74) is 0.396. The molecule has 146 valence electrons. The summed E-state index contributed by atoms with van der Waals surface area (Å²) >= 11 is 0. The van der Waals surface area contributed by atoms with Gasteiger partial charge in [-0.3, -0.25) is 9.59 Å². The molecular formula is C18H22N8O2. The van der Waals surface area contributed by atoms with Gasteiger partial charge < -0.3 is 19.6 Å². The van der Waals surface area contributed by atoms with Crippen molar-refractivity contribution in [2.45, 2.75) is 0 Å². The van der Waals surface area contributed by atoms with Crippen LogP contribution >= 0.6 is 0 Å². The van der Waals surface area contributed by atoms with E-state index < -0.39 is 0 Å². The Labute approximate surface area is 162 Å². The molecule has 2 saturated heterocycles. The van der Waals surface area contributed by atoms with Crippen LogP contribution in [0.15, 0.2) is 30.7 Å². The molecule has 0 N–H and O–H groups in total. The van der Waals surface area contributed by atoms with Crippen molar-refractivity contribution in [1.29, 1.82) is 0 Å². The minimum Gasteiger partial charge on any atom is -0.342 e. The lowest BCUT2D eigenvalue weighted by molar-refractivity contribution is -0.118. The fourth-order valence-electron chi connectivity index (χ4n) is 3.37. The fraction of sp³-hybridized carbons (Fsp3) is 0.444. The van der Waals surface area contributed by atoms with Gasteiger partial charge in [-0.25, -0.2) is 19.9 Å². The molecule has 2 aliphatic heterocycles. The molecule has 2 fully saturated rings. The van der Waals surface area contributed by atoms with Gasteiger partial charge in [-0.1, -0.05) is 0 Å². The number of carbonyl (C=O) groups excluding carboxylic acids is 2. The molecule has 0 atom stereocenters. The molecule has 2 aromatic heterocycles. The summed E-state index contributed by atoms with van der Waals surface area (Å²) in [5, 5.41) is 0. The Morgan fingerprint density at radius 2 is 1.43 bits per heavy atom. The van der Waals surface area contributed by atoms with Crippen LogP contribution in [0, 0.1) is 0 Å². The van der Waals surface area contributed by atoms with Gasteiger partial charge >= 0.3 is 0 Å². The van der Waals surface area contributed by atoms with Crippen molar-refractivity contribution in [3.05, 3.63) is 36.4 Å². The van der Waals surface area contributed by atoms with Crippen LogP contribution in [0.1, 0.15) is 10.5 Å². The number of nitrogens with zero attached hydrogens (tertiary/aromatic N) is 8. The second kappa shape index (κ2) is 8.15. The highest BCUT2D eigenvalue weighted by molar-refractivity contribution is 5.92. The van der Waals surface area contributed by atoms with Gasteiger partial charge in [-0.2, -0.15) is 0 Å². The molecule has 0 unspecified atom stereocenters. The van der Waals surface area contributed by atoms with Crippen molar-refractivity contribution in [3.63, 3.8) is 0 Å². The van der Waals surface area contributed by atoms with Gasteiger partial charge in [0.1, 0.15) is 5.69 Å². The van der Waals surface area contributed by atoms with Crippen molar-refractivity contribution in [2.75, 3.05) is 62.2 Å². The molecule has 2 amide bonds. The van der Waals surface area contributed by atoms with Crippen molar-refractivity contribution in [3.8, 4) is 0 Å². The van der Waals surface area contributed by atoms with Crippen LogP contribution in [0.5, 0.6) is 0 Å². The van der Waals surface area contributed by atoms with Gasteiger partial charge in [0.05, 0.1) is 0 Å². The van der Waals surface area contributed by atoms with Gasteiger partial charge in [0.25, 0.3) is 5.91 Å². The Balaban J connectivity index is 1.38. The Morgan fingerprint density at radius 3 is 2.11 bits per heavy atom. The quantitative estimate of drug-likeness (QED) is 0.653. The zero-order valence-corrected chi connectivity index (χ0v) is 15.5. The zero-order chi connectivity index (χ0) is 19.3. The Bertz CT molecular complexity index is 817. The first-order valence-corrected chi connectivity index (χ1v) is 9.33. The minimum atomic E-state index is -0.0937. The lowest BCUT2D eigenvalue weighted by atomic mass is 10.2. The first-order valence-electron chi connectivity index (χ1n) is 9.33. The summed E-state index contributed by atoms with van der Waals surface area (Å²) in [5.74, 6) is 1.13. The van der Waals surface area contributed by atoms with E-state index in [1.54, 1.807) is 40.5 Å². The molecule has 10 heteroatoms. The number of amides is 2. The average Bonchev–Trinajstić information content (AvgIpc) is 2.79. The van der Waals surface area contributed by atoms with E-state index >= 15 is 0 Å². The summed E-state index contributed by atoms with van der Waals surface area (Å²) in [6, 6.07) is 3.44. The summed E-state index contributed by atoms with van der Waals surface area (Å²) < 4.78 is 0. The Hall–Kier alpha value is -3.30. The van der Waals surface area contributed by atoms with E-state index in [1.165, 1.54) is 0 Å². The third kappa shape index (κ3) is 3.85. The molecule has 28 heavy (non-hydrogen) atoms. The minimum absolute atomic E-state index is 0.0937. The summed E-state index contributed by atoms with van der Waals surface area (Å²) in [4.78, 5) is 48.7. The van der Waals surface area contributed by atoms with Crippen molar-refractivity contribution in [1.82, 2.24) is 29.7 Å². The third-order valence-corrected chi connectivity index (χ3v) is 5.01. The van der Waals surface area contributed by atoms with E-state index in [4.69, 9.17) is 0 Å². The largest absolute Gasteiger partial charge is 0.342 e. The second-order valence-electron chi connectivity index (χ2n) is 6.70. The normalized spacial score (nSPS) is 17.6. The molecule has 4 heterocycles. The van der Waals surface area contributed by atoms with Gasteiger partial charge in [0.2, 0.25) is 18.3 Å². The molecule has 0 radical (unpaired) electrons. The second-order valence-corrected chi connectivity index (χ2v) is 6.70. The lowest BCUT2D eigenvalue weighted by Crippen LogP contribution is -2.49. The highest BCUT2D eigenvalue weighted by atomic mass is 16.2.